The lowest BCUT2D eigenvalue weighted by Crippen LogP contribution is -2.21. The van der Waals surface area contributed by atoms with Gasteiger partial charge in [-0.2, -0.15) is 0 Å². The van der Waals surface area contributed by atoms with Gasteiger partial charge < -0.3 is 31.5 Å². The Morgan fingerprint density at radius 1 is 0.947 bits per heavy atom. The van der Waals surface area contributed by atoms with Crippen LogP contribution in [-0.4, -0.2) is 28.3 Å². The van der Waals surface area contributed by atoms with Gasteiger partial charge in [-0.15, -0.1) is 5.76 Å². The summed E-state index contributed by atoms with van der Waals surface area (Å²) in [6.45, 7) is 2.71. The molecule has 1 atom stereocenters. The topological polar surface area (TPSA) is 154 Å². The van der Waals surface area contributed by atoms with Crippen LogP contribution in [0, 0.1) is 22.7 Å². The Kier molecular flexibility index (Phi) is 12.4. The number of benzene rings is 3. The number of phenols is 2. The van der Waals surface area contributed by atoms with Gasteiger partial charge in [-0.25, -0.2) is 0 Å². The number of phenolic OH excluding ortho intramolecular Hbond substituents is 2. The van der Waals surface area contributed by atoms with Crippen LogP contribution in [0.1, 0.15) is 136 Å². The highest BCUT2D eigenvalue weighted by atomic mass is 16.5. The second-order valence-electron chi connectivity index (χ2n) is 17.0. The van der Waals surface area contributed by atoms with E-state index in [1.54, 1.807) is 24.4 Å². The van der Waals surface area contributed by atoms with E-state index in [9.17, 15) is 20.1 Å². The first-order valence-corrected chi connectivity index (χ1v) is 20.8. The Labute approximate surface area is 337 Å². The molecule has 0 radical (unpaired) electrons. The lowest BCUT2D eigenvalue weighted by atomic mass is 9.74. The van der Waals surface area contributed by atoms with E-state index < -0.39 is 12.1 Å². The van der Waals surface area contributed by atoms with Crippen molar-refractivity contribution in [3.05, 3.63) is 124 Å². The van der Waals surface area contributed by atoms with E-state index in [2.05, 4.69) is 29.8 Å². The van der Waals surface area contributed by atoms with Gasteiger partial charge in [0.05, 0.1) is 24.9 Å². The normalized spacial score (nSPS) is 19.6. The Morgan fingerprint density at radius 3 is 2.46 bits per heavy atom. The monoisotopic (exact) mass is 766 g/mol. The number of rotatable bonds is 14. The van der Waals surface area contributed by atoms with Crippen molar-refractivity contribution in [3.8, 4) is 29.1 Å². The lowest BCUT2D eigenvalue weighted by Gasteiger charge is -2.31. The number of aryl methyl sites for hydroxylation is 1. The van der Waals surface area contributed by atoms with Gasteiger partial charge in [0.1, 0.15) is 5.75 Å². The maximum atomic E-state index is 13.7. The Bertz CT molecular complexity index is 2150. The number of fused-ring (bicyclic) bond motifs is 2. The van der Waals surface area contributed by atoms with Crippen molar-refractivity contribution < 1.29 is 24.9 Å². The molecule has 0 aromatic heterocycles. The summed E-state index contributed by atoms with van der Waals surface area (Å²) < 4.78 is 6.10. The highest BCUT2D eigenvalue weighted by Crippen LogP contribution is 2.49. The minimum absolute atomic E-state index is 0.0335. The fourth-order valence-corrected chi connectivity index (χ4v) is 9.24. The van der Waals surface area contributed by atoms with Crippen molar-refractivity contribution in [1.29, 1.82) is 0 Å². The number of aliphatic imine (C=N–C) groups is 1. The fraction of sp³-hybridized carbons (Fsp3) is 0.429. The standard InChI is InChI=1S/C49H57N3O5/c1-48(20-2-3-21-48)25-26-49(22-4-5-23-49)24-17-37(53)13-9-33-11-16-44(55)46(30-33)57-28-19-34-10-15-43(54)41(29-34)40-32-45(56)39-18-27-52-42(39)8-6-7-35-31-36(47(50)51)12-14-38(35)40/h10-12,14-18,24,27,29-31,40,47,54-56H,2-5,8-9,13,19-23,25-26,28,32,50-51H2,1H3/p-1/b24-17+,45-39?/t40-/m1/s1. The molecular formula is C49H56N3O5-. The van der Waals surface area contributed by atoms with Crippen LogP contribution in [0.15, 0.2) is 95.3 Å². The van der Waals surface area contributed by atoms with Crippen LogP contribution < -0.4 is 21.3 Å². The summed E-state index contributed by atoms with van der Waals surface area (Å²) >= 11 is 0. The first-order chi connectivity index (χ1) is 27.5. The molecule has 298 valence electrons. The van der Waals surface area contributed by atoms with Crippen molar-refractivity contribution in [3.63, 3.8) is 0 Å². The summed E-state index contributed by atoms with van der Waals surface area (Å²) in [7, 11) is 0. The molecule has 3 aliphatic carbocycles. The summed E-state index contributed by atoms with van der Waals surface area (Å²) in [6.07, 6.45) is 21.3. The van der Waals surface area contributed by atoms with E-state index in [1.165, 1.54) is 64.2 Å². The SMILES string of the molecule is CC1(CCC2(/C=C/C(=O)CCc3ccc(O)c(OCCc4ccc(O)c([C@@H]5CC([O-])=C6C=CN=C6CC#Cc6cc(C(N)N)ccc65)c4)c3)CCCC2)CCCC1. The molecule has 0 bridgehead atoms. The number of allylic oxidation sites excluding steroid dienone is 5. The number of hydrogen-bond donors (Lipinski definition) is 4. The molecular weight excluding hydrogens is 711 g/mol. The van der Waals surface area contributed by atoms with Crippen molar-refractivity contribution in [2.24, 2.45) is 27.3 Å². The van der Waals surface area contributed by atoms with Crippen molar-refractivity contribution in [2.45, 2.75) is 115 Å². The third-order valence-corrected chi connectivity index (χ3v) is 12.8. The lowest BCUT2D eigenvalue weighted by molar-refractivity contribution is -0.307. The molecule has 57 heavy (non-hydrogen) atoms. The summed E-state index contributed by atoms with van der Waals surface area (Å²) in [5, 5.41) is 35.6. The van der Waals surface area contributed by atoms with Crippen LogP contribution in [0.4, 0.5) is 0 Å². The second kappa shape index (κ2) is 17.6. The number of carbonyl (C=O) groups excluding carboxylic acids is 1. The summed E-state index contributed by atoms with van der Waals surface area (Å²) in [5.74, 6) is 6.44. The Hall–Kier alpha value is -5.10. The van der Waals surface area contributed by atoms with E-state index in [1.807, 2.05) is 48.5 Å². The summed E-state index contributed by atoms with van der Waals surface area (Å²) in [4.78, 5) is 17.5. The number of ketones is 1. The van der Waals surface area contributed by atoms with Gasteiger partial charge in [0.15, 0.2) is 17.3 Å². The van der Waals surface area contributed by atoms with E-state index in [0.29, 0.717) is 59.3 Å². The van der Waals surface area contributed by atoms with Crippen LogP contribution in [0.2, 0.25) is 0 Å². The molecule has 2 saturated carbocycles. The van der Waals surface area contributed by atoms with Crippen molar-refractivity contribution in [1.82, 2.24) is 0 Å². The van der Waals surface area contributed by atoms with E-state index in [4.69, 9.17) is 16.2 Å². The average Bonchev–Trinajstić information content (AvgIpc) is 3.99. The minimum Gasteiger partial charge on any atom is -0.875 e. The number of nitrogens with two attached hydrogens (primary N) is 2. The quantitative estimate of drug-likeness (QED) is 0.0729. The van der Waals surface area contributed by atoms with Gasteiger partial charge in [0.25, 0.3) is 0 Å². The predicted molar refractivity (Wildman–Crippen MR) is 224 cm³/mol. The van der Waals surface area contributed by atoms with Crippen molar-refractivity contribution >= 4 is 11.5 Å². The van der Waals surface area contributed by atoms with Gasteiger partial charge in [-0.1, -0.05) is 80.9 Å². The van der Waals surface area contributed by atoms with Crippen LogP contribution in [-0.2, 0) is 17.6 Å². The maximum Gasteiger partial charge on any atom is 0.161 e. The molecule has 4 aliphatic rings. The highest BCUT2D eigenvalue weighted by molar-refractivity contribution is 6.06. The molecule has 7 rings (SSSR count). The molecule has 6 N–H and O–H groups in total. The van der Waals surface area contributed by atoms with Crippen LogP contribution in [0.5, 0.6) is 17.2 Å². The zero-order valence-corrected chi connectivity index (χ0v) is 33.2. The molecule has 0 unspecified atom stereocenters. The van der Waals surface area contributed by atoms with Crippen LogP contribution in [0.3, 0.4) is 0 Å². The number of hydrogen-bond acceptors (Lipinski definition) is 8. The molecule has 3 aromatic rings. The van der Waals surface area contributed by atoms with Gasteiger partial charge in [0.2, 0.25) is 0 Å². The molecule has 8 heteroatoms. The smallest absolute Gasteiger partial charge is 0.161 e. The highest BCUT2D eigenvalue weighted by Gasteiger charge is 2.36. The Morgan fingerprint density at radius 2 is 1.68 bits per heavy atom. The molecule has 8 nitrogen and oxygen atoms in total. The van der Waals surface area contributed by atoms with Gasteiger partial charge in [-0.05, 0) is 126 Å². The van der Waals surface area contributed by atoms with Crippen LogP contribution in [0.25, 0.3) is 0 Å². The first-order valence-electron chi connectivity index (χ1n) is 20.8. The zero-order chi connectivity index (χ0) is 40.0. The Balaban J connectivity index is 1.01. The molecule has 1 aliphatic heterocycles. The summed E-state index contributed by atoms with van der Waals surface area (Å²) in [5.41, 5.74) is 18.5. The maximum absolute atomic E-state index is 13.7. The molecule has 3 aromatic carbocycles. The largest absolute Gasteiger partial charge is 0.875 e. The molecule has 0 amide bonds. The third kappa shape index (κ3) is 9.72. The average molecular weight is 767 g/mol. The minimum atomic E-state index is -0.689. The molecule has 2 fully saturated rings. The predicted octanol–water partition coefficient (Wildman–Crippen LogP) is 8.47. The number of nitrogens with zero attached hydrogens (tertiary/aromatic N) is 1. The zero-order valence-electron chi connectivity index (χ0n) is 33.2. The molecule has 0 saturated heterocycles. The third-order valence-electron chi connectivity index (χ3n) is 12.8. The number of ether oxygens (including phenoxy) is 1. The van der Waals surface area contributed by atoms with Crippen molar-refractivity contribution in [2.75, 3.05) is 6.61 Å². The van der Waals surface area contributed by atoms with E-state index >= 15 is 0 Å². The van der Waals surface area contributed by atoms with Crippen LogP contribution >= 0.6 is 0 Å². The van der Waals surface area contributed by atoms with Gasteiger partial charge >= 0.3 is 0 Å². The second-order valence-corrected chi connectivity index (χ2v) is 17.0. The van der Waals surface area contributed by atoms with Gasteiger partial charge in [0, 0.05) is 36.1 Å². The first kappa shape index (κ1) is 40.1. The van der Waals surface area contributed by atoms with Gasteiger partial charge in [-0.3, -0.25) is 9.79 Å². The fourth-order valence-electron chi connectivity index (χ4n) is 9.24. The number of carbonyl (C=O) groups is 1. The summed E-state index contributed by atoms with van der Waals surface area (Å²) in [6, 6.07) is 16.3. The number of aromatic hydroxyl groups is 2. The molecule has 1 heterocycles. The molecule has 0 spiro atoms. The van der Waals surface area contributed by atoms with E-state index in [0.717, 1.165) is 22.3 Å². The van der Waals surface area contributed by atoms with E-state index in [-0.39, 0.29) is 41.5 Å².